The second-order valence-corrected chi connectivity index (χ2v) is 6.83. The van der Waals surface area contributed by atoms with Crippen LogP contribution >= 0.6 is 11.6 Å². The molecule has 6 heteroatoms. The number of halogens is 1. The normalized spacial score (nSPS) is 23.3. The number of carbonyl (C=O) groups is 1. The van der Waals surface area contributed by atoms with Crippen molar-refractivity contribution in [3.8, 4) is 0 Å². The van der Waals surface area contributed by atoms with E-state index < -0.39 is 0 Å². The molecule has 24 heavy (non-hydrogen) atoms. The second-order valence-electron chi connectivity index (χ2n) is 6.42. The Balaban J connectivity index is 1.50. The van der Waals surface area contributed by atoms with Gasteiger partial charge in [0.25, 0.3) is 5.91 Å². The number of rotatable bonds is 3. The SMILES string of the molecule is O=C(c1cnn(Cc2ccccc2Cl)c1)N1CCO[C@H]2CCC[C@H]21. The number of nitrogens with zero attached hydrogens (tertiary/aromatic N) is 3. The highest BCUT2D eigenvalue weighted by molar-refractivity contribution is 6.31. The predicted molar refractivity (Wildman–Crippen MR) is 91.2 cm³/mol. The molecule has 1 aliphatic heterocycles. The van der Waals surface area contributed by atoms with Gasteiger partial charge in [0.2, 0.25) is 0 Å². The monoisotopic (exact) mass is 345 g/mol. The van der Waals surface area contributed by atoms with Gasteiger partial charge in [-0.25, -0.2) is 0 Å². The molecule has 0 bridgehead atoms. The zero-order chi connectivity index (χ0) is 16.5. The third-order valence-electron chi connectivity index (χ3n) is 4.91. The van der Waals surface area contributed by atoms with Gasteiger partial charge < -0.3 is 9.64 Å². The summed E-state index contributed by atoms with van der Waals surface area (Å²) in [7, 11) is 0. The zero-order valence-electron chi connectivity index (χ0n) is 13.4. The van der Waals surface area contributed by atoms with Crippen LogP contribution in [0.25, 0.3) is 0 Å². The minimum Gasteiger partial charge on any atom is -0.374 e. The molecule has 0 radical (unpaired) electrons. The Hall–Kier alpha value is -1.85. The number of carbonyl (C=O) groups excluding carboxylic acids is 1. The fraction of sp³-hybridized carbons (Fsp3) is 0.444. The fourth-order valence-corrected chi connectivity index (χ4v) is 3.90. The van der Waals surface area contributed by atoms with Gasteiger partial charge in [0, 0.05) is 17.8 Å². The van der Waals surface area contributed by atoms with Crippen LogP contribution in [0.1, 0.15) is 35.2 Å². The fourth-order valence-electron chi connectivity index (χ4n) is 3.71. The average Bonchev–Trinajstić information content (AvgIpc) is 3.25. The number of hydrogen-bond acceptors (Lipinski definition) is 3. The summed E-state index contributed by atoms with van der Waals surface area (Å²) in [5, 5.41) is 5.04. The Bertz CT molecular complexity index is 745. The molecule has 2 atom stereocenters. The van der Waals surface area contributed by atoms with Crippen molar-refractivity contribution in [3.63, 3.8) is 0 Å². The summed E-state index contributed by atoms with van der Waals surface area (Å²) in [5.41, 5.74) is 1.62. The number of morpholine rings is 1. The second kappa shape index (κ2) is 6.57. The van der Waals surface area contributed by atoms with Gasteiger partial charge in [-0.3, -0.25) is 9.48 Å². The van der Waals surface area contributed by atoms with Gasteiger partial charge in [-0.2, -0.15) is 5.10 Å². The highest BCUT2D eigenvalue weighted by Crippen LogP contribution is 2.30. The number of amides is 1. The number of ether oxygens (including phenoxy) is 1. The van der Waals surface area contributed by atoms with E-state index in [1.807, 2.05) is 35.4 Å². The molecule has 2 fully saturated rings. The number of benzene rings is 1. The van der Waals surface area contributed by atoms with Gasteiger partial charge in [-0.1, -0.05) is 29.8 Å². The lowest BCUT2D eigenvalue weighted by atomic mass is 10.1. The molecular weight excluding hydrogens is 326 g/mol. The molecule has 2 aliphatic rings. The van der Waals surface area contributed by atoms with E-state index in [0.29, 0.717) is 30.3 Å². The Labute approximate surface area is 146 Å². The molecule has 2 aromatic rings. The van der Waals surface area contributed by atoms with E-state index in [2.05, 4.69) is 5.10 Å². The zero-order valence-corrected chi connectivity index (χ0v) is 14.2. The molecule has 0 N–H and O–H groups in total. The maximum absolute atomic E-state index is 12.9. The van der Waals surface area contributed by atoms with Gasteiger partial charge in [-0.15, -0.1) is 0 Å². The van der Waals surface area contributed by atoms with E-state index in [-0.39, 0.29) is 18.1 Å². The van der Waals surface area contributed by atoms with E-state index >= 15 is 0 Å². The smallest absolute Gasteiger partial charge is 0.257 e. The van der Waals surface area contributed by atoms with Crippen molar-refractivity contribution in [1.82, 2.24) is 14.7 Å². The third kappa shape index (κ3) is 2.94. The highest BCUT2D eigenvalue weighted by Gasteiger charge is 2.38. The van der Waals surface area contributed by atoms with Gasteiger partial charge in [0.15, 0.2) is 0 Å². The van der Waals surface area contributed by atoms with Crippen LogP contribution in [-0.2, 0) is 11.3 Å². The van der Waals surface area contributed by atoms with Crippen LogP contribution in [0.4, 0.5) is 0 Å². The van der Waals surface area contributed by atoms with E-state index in [0.717, 1.165) is 24.8 Å². The Morgan fingerprint density at radius 3 is 3.08 bits per heavy atom. The van der Waals surface area contributed by atoms with Crippen molar-refractivity contribution in [2.45, 2.75) is 38.0 Å². The molecule has 0 unspecified atom stereocenters. The van der Waals surface area contributed by atoms with Crippen molar-refractivity contribution in [2.24, 2.45) is 0 Å². The minimum atomic E-state index is 0.0561. The maximum Gasteiger partial charge on any atom is 0.257 e. The van der Waals surface area contributed by atoms with Crippen molar-refractivity contribution in [2.75, 3.05) is 13.2 Å². The molecule has 126 valence electrons. The summed E-state index contributed by atoms with van der Waals surface area (Å²) in [4.78, 5) is 14.8. The van der Waals surface area contributed by atoms with E-state index in [1.54, 1.807) is 10.9 Å². The first-order chi connectivity index (χ1) is 11.7. The van der Waals surface area contributed by atoms with Crippen LogP contribution in [-0.4, -0.2) is 45.9 Å². The molecule has 2 heterocycles. The summed E-state index contributed by atoms with van der Waals surface area (Å²) in [6, 6.07) is 7.90. The summed E-state index contributed by atoms with van der Waals surface area (Å²) in [6.07, 6.45) is 6.89. The molecule has 4 rings (SSSR count). The van der Waals surface area contributed by atoms with Crippen molar-refractivity contribution in [3.05, 3.63) is 52.8 Å². The topological polar surface area (TPSA) is 47.4 Å². The Morgan fingerprint density at radius 1 is 1.33 bits per heavy atom. The summed E-state index contributed by atoms with van der Waals surface area (Å²) in [6.45, 7) is 1.85. The van der Waals surface area contributed by atoms with Gasteiger partial charge in [0.1, 0.15) is 0 Å². The molecule has 1 saturated carbocycles. The molecule has 1 aromatic carbocycles. The quantitative estimate of drug-likeness (QED) is 0.859. The standard InChI is InChI=1S/C18H20ClN3O2/c19-15-5-2-1-4-13(15)11-21-12-14(10-20-21)18(23)22-8-9-24-17-7-3-6-16(17)22/h1-2,4-5,10,12,16-17H,3,6-9,11H2/t16-,17+/m1/s1. The predicted octanol–water partition coefficient (Wildman–Crippen LogP) is 2.98. The lowest BCUT2D eigenvalue weighted by molar-refractivity contribution is -0.0445. The molecule has 1 aromatic heterocycles. The number of fused-ring (bicyclic) bond motifs is 1. The highest BCUT2D eigenvalue weighted by atomic mass is 35.5. The summed E-state index contributed by atoms with van der Waals surface area (Å²) < 4.78 is 7.55. The lowest BCUT2D eigenvalue weighted by Crippen LogP contribution is -2.51. The lowest BCUT2D eigenvalue weighted by Gasteiger charge is -2.37. The van der Waals surface area contributed by atoms with Crippen LogP contribution in [0.2, 0.25) is 5.02 Å². The van der Waals surface area contributed by atoms with Crippen LogP contribution in [0.5, 0.6) is 0 Å². The van der Waals surface area contributed by atoms with Crippen molar-refractivity contribution < 1.29 is 9.53 Å². The van der Waals surface area contributed by atoms with Gasteiger partial charge >= 0.3 is 0 Å². The Kier molecular flexibility index (Phi) is 4.29. The first kappa shape index (κ1) is 15.7. The van der Waals surface area contributed by atoms with Crippen LogP contribution in [0, 0.1) is 0 Å². The van der Waals surface area contributed by atoms with Gasteiger partial charge in [0.05, 0.1) is 37.1 Å². The average molecular weight is 346 g/mol. The Morgan fingerprint density at radius 2 is 2.21 bits per heavy atom. The van der Waals surface area contributed by atoms with Crippen LogP contribution in [0.15, 0.2) is 36.7 Å². The first-order valence-corrected chi connectivity index (χ1v) is 8.78. The van der Waals surface area contributed by atoms with E-state index in [4.69, 9.17) is 16.3 Å². The van der Waals surface area contributed by atoms with Crippen LogP contribution < -0.4 is 0 Å². The molecule has 5 nitrogen and oxygen atoms in total. The molecule has 1 amide bonds. The molecule has 1 saturated heterocycles. The number of aromatic nitrogens is 2. The number of hydrogen-bond donors (Lipinski definition) is 0. The van der Waals surface area contributed by atoms with Crippen LogP contribution in [0.3, 0.4) is 0 Å². The van der Waals surface area contributed by atoms with E-state index in [9.17, 15) is 4.79 Å². The van der Waals surface area contributed by atoms with Crippen molar-refractivity contribution >= 4 is 17.5 Å². The first-order valence-electron chi connectivity index (χ1n) is 8.41. The van der Waals surface area contributed by atoms with Gasteiger partial charge in [-0.05, 0) is 30.9 Å². The summed E-state index contributed by atoms with van der Waals surface area (Å²) >= 11 is 6.20. The maximum atomic E-state index is 12.9. The third-order valence-corrected chi connectivity index (χ3v) is 5.28. The molecule has 0 spiro atoms. The largest absolute Gasteiger partial charge is 0.374 e. The molecule has 1 aliphatic carbocycles. The molecular formula is C18H20ClN3O2. The van der Waals surface area contributed by atoms with Crippen molar-refractivity contribution in [1.29, 1.82) is 0 Å². The minimum absolute atomic E-state index is 0.0561. The summed E-state index contributed by atoms with van der Waals surface area (Å²) in [5.74, 6) is 0.0561. The van der Waals surface area contributed by atoms with E-state index in [1.165, 1.54) is 0 Å².